The number of rotatable bonds is 5. The van der Waals surface area contributed by atoms with Crippen molar-refractivity contribution < 1.29 is 27.4 Å². The first-order valence-corrected chi connectivity index (χ1v) is 12.9. The summed E-state index contributed by atoms with van der Waals surface area (Å²) in [6.45, 7) is 2.14. The number of aromatic nitrogens is 2. The number of thiophene rings is 1. The molecule has 8 nitrogen and oxygen atoms in total. The molecule has 2 N–H and O–H groups in total. The minimum Gasteiger partial charge on any atom is -0.493 e. The van der Waals surface area contributed by atoms with E-state index in [0.29, 0.717) is 33.5 Å². The van der Waals surface area contributed by atoms with E-state index in [2.05, 4.69) is 28.7 Å². The van der Waals surface area contributed by atoms with Crippen LogP contribution in [0.25, 0.3) is 0 Å². The molecule has 0 saturated heterocycles. The Morgan fingerprint density at radius 1 is 1.26 bits per heavy atom. The molecule has 0 fully saturated rings. The highest BCUT2D eigenvalue weighted by molar-refractivity contribution is 7.16. The summed E-state index contributed by atoms with van der Waals surface area (Å²) < 4.78 is 53.7. The van der Waals surface area contributed by atoms with Crippen molar-refractivity contribution in [3.05, 3.63) is 51.5 Å². The Labute approximate surface area is 221 Å². The van der Waals surface area contributed by atoms with Crippen LogP contribution in [0.4, 0.5) is 24.0 Å². The summed E-state index contributed by atoms with van der Waals surface area (Å²) in [6, 6.07) is 5.78. The monoisotopic (exact) mass is 545 g/mol. The molecule has 0 unspecified atom stereocenters. The molecule has 1 aliphatic heterocycles. The van der Waals surface area contributed by atoms with Gasteiger partial charge >= 0.3 is 6.18 Å². The fourth-order valence-electron chi connectivity index (χ4n) is 5.10. The van der Waals surface area contributed by atoms with Gasteiger partial charge < -0.3 is 20.1 Å². The number of nitrogens with zero attached hydrogens (tertiary/aromatic N) is 3. The highest BCUT2D eigenvalue weighted by Gasteiger charge is 2.47. The fraction of sp³-hybridized carbons (Fsp3) is 0.423. The lowest BCUT2D eigenvalue weighted by Gasteiger charge is -2.33. The van der Waals surface area contributed by atoms with Crippen LogP contribution in [0.15, 0.2) is 24.3 Å². The van der Waals surface area contributed by atoms with Crippen LogP contribution in [0.3, 0.4) is 0 Å². The van der Waals surface area contributed by atoms with Gasteiger partial charge in [0.2, 0.25) is 0 Å². The summed E-state index contributed by atoms with van der Waals surface area (Å²) in [4.78, 5) is 14.2. The molecule has 1 aromatic carbocycles. The second-order valence-electron chi connectivity index (χ2n) is 9.59. The molecule has 0 radical (unpaired) electrons. The van der Waals surface area contributed by atoms with Gasteiger partial charge in [0.25, 0.3) is 5.91 Å². The number of hydrogen-bond donors (Lipinski definition) is 2. The zero-order valence-corrected chi connectivity index (χ0v) is 21.8. The molecule has 0 saturated carbocycles. The van der Waals surface area contributed by atoms with Gasteiger partial charge in [0.15, 0.2) is 23.2 Å². The van der Waals surface area contributed by atoms with E-state index in [1.54, 1.807) is 18.2 Å². The van der Waals surface area contributed by atoms with Crippen molar-refractivity contribution in [1.29, 1.82) is 5.26 Å². The molecule has 5 rings (SSSR count). The van der Waals surface area contributed by atoms with Gasteiger partial charge in [0, 0.05) is 17.4 Å². The van der Waals surface area contributed by atoms with Crippen molar-refractivity contribution >= 4 is 28.1 Å². The maximum atomic E-state index is 14.1. The van der Waals surface area contributed by atoms with Gasteiger partial charge in [0.1, 0.15) is 16.9 Å². The Kier molecular flexibility index (Phi) is 6.73. The summed E-state index contributed by atoms with van der Waals surface area (Å²) in [6.07, 6.45) is -2.37. The summed E-state index contributed by atoms with van der Waals surface area (Å²) in [5, 5.41) is 20.0. The van der Waals surface area contributed by atoms with Crippen LogP contribution < -0.4 is 20.1 Å². The molecule has 3 heterocycles. The average Bonchev–Trinajstić information content (AvgIpc) is 3.47. The third kappa shape index (κ3) is 4.67. The standard InChI is InChI=1S/C26H26F3N5O3S/c1-13-4-6-15-16(12-30)25(38-21(15)8-13)32-24(35)18-11-23-31-17(10-22(26(27,28)29)34(23)33-18)14-5-7-19(36-2)20(9-14)37-3/h5,7,9,11,13,17,22,31H,4,6,8,10H2,1-3H3,(H,32,35)/t13-,17+,22-/m1/s1. The van der Waals surface area contributed by atoms with Gasteiger partial charge in [-0.2, -0.15) is 23.5 Å². The van der Waals surface area contributed by atoms with Gasteiger partial charge in [-0.15, -0.1) is 11.3 Å². The number of carbonyl (C=O) groups is 1. The molecule has 0 bridgehead atoms. The van der Waals surface area contributed by atoms with Crippen molar-refractivity contribution in [2.75, 3.05) is 24.9 Å². The topological polar surface area (TPSA) is 101 Å². The summed E-state index contributed by atoms with van der Waals surface area (Å²) in [7, 11) is 2.93. The average molecular weight is 546 g/mol. The second-order valence-corrected chi connectivity index (χ2v) is 10.7. The molecule has 2 aliphatic rings. The highest BCUT2D eigenvalue weighted by Crippen LogP contribution is 2.45. The fourth-order valence-corrected chi connectivity index (χ4v) is 6.45. The number of fused-ring (bicyclic) bond motifs is 2. The predicted octanol–water partition coefficient (Wildman–Crippen LogP) is 5.87. The molecule has 0 spiro atoms. The minimum absolute atomic E-state index is 0.0725. The molecular weight excluding hydrogens is 519 g/mol. The number of amides is 1. The number of nitrogens with one attached hydrogen (secondary N) is 2. The minimum atomic E-state index is -4.59. The zero-order chi connectivity index (χ0) is 27.2. The largest absolute Gasteiger partial charge is 0.493 e. The van der Waals surface area contributed by atoms with Crippen molar-refractivity contribution in [2.24, 2.45) is 5.92 Å². The van der Waals surface area contributed by atoms with E-state index in [1.165, 1.54) is 31.6 Å². The molecule has 3 aromatic rings. The van der Waals surface area contributed by atoms with E-state index in [4.69, 9.17) is 9.47 Å². The van der Waals surface area contributed by atoms with Crippen molar-refractivity contribution in [3.8, 4) is 17.6 Å². The number of carbonyl (C=O) groups excluding carboxylic acids is 1. The van der Waals surface area contributed by atoms with Crippen LogP contribution in [-0.4, -0.2) is 36.1 Å². The normalized spacial score (nSPS) is 20.5. The van der Waals surface area contributed by atoms with Crippen LogP contribution in [0.5, 0.6) is 11.5 Å². The molecule has 1 aliphatic carbocycles. The third-order valence-electron chi connectivity index (χ3n) is 7.08. The van der Waals surface area contributed by atoms with Crippen LogP contribution in [0, 0.1) is 17.2 Å². The highest BCUT2D eigenvalue weighted by atomic mass is 32.1. The number of nitriles is 1. The Bertz CT molecular complexity index is 1420. The number of hydrogen-bond acceptors (Lipinski definition) is 7. The lowest BCUT2D eigenvalue weighted by Crippen LogP contribution is -2.35. The number of alkyl halides is 3. The summed E-state index contributed by atoms with van der Waals surface area (Å²) in [5.74, 6) is 0.754. The predicted molar refractivity (Wildman–Crippen MR) is 136 cm³/mol. The van der Waals surface area contributed by atoms with Gasteiger partial charge in [0.05, 0.1) is 25.8 Å². The van der Waals surface area contributed by atoms with Crippen molar-refractivity contribution in [1.82, 2.24) is 9.78 Å². The first-order chi connectivity index (χ1) is 18.1. The Balaban J connectivity index is 1.44. The maximum Gasteiger partial charge on any atom is 0.410 e. The van der Waals surface area contributed by atoms with Crippen LogP contribution in [-0.2, 0) is 12.8 Å². The van der Waals surface area contributed by atoms with E-state index in [-0.39, 0.29) is 17.9 Å². The number of anilines is 2. The van der Waals surface area contributed by atoms with Gasteiger partial charge in [-0.25, -0.2) is 4.68 Å². The summed E-state index contributed by atoms with van der Waals surface area (Å²) in [5.41, 5.74) is 1.78. The van der Waals surface area contributed by atoms with Crippen LogP contribution in [0.1, 0.15) is 63.9 Å². The maximum absolute atomic E-state index is 14.1. The first-order valence-electron chi connectivity index (χ1n) is 12.1. The van der Waals surface area contributed by atoms with E-state index >= 15 is 0 Å². The molecule has 3 atom stereocenters. The van der Waals surface area contributed by atoms with E-state index < -0.39 is 24.2 Å². The van der Waals surface area contributed by atoms with Crippen molar-refractivity contribution in [2.45, 2.75) is 50.9 Å². The molecule has 1 amide bonds. The Morgan fingerprint density at radius 3 is 2.71 bits per heavy atom. The second kappa shape index (κ2) is 9.87. The molecule has 38 heavy (non-hydrogen) atoms. The van der Waals surface area contributed by atoms with E-state index in [0.717, 1.165) is 34.4 Å². The van der Waals surface area contributed by atoms with Gasteiger partial charge in [-0.05, 0) is 48.4 Å². The van der Waals surface area contributed by atoms with E-state index in [9.17, 15) is 23.2 Å². The number of methoxy groups -OCH3 is 2. The van der Waals surface area contributed by atoms with E-state index in [1.807, 2.05) is 0 Å². The zero-order valence-electron chi connectivity index (χ0n) is 21.0. The number of halogens is 3. The molecule has 12 heteroatoms. The van der Waals surface area contributed by atoms with Crippen LogP contribution >= 0.6 is 11.3 Å². The smallest absolute Gasteiger partial charge is 0.410 e. The Morgan fingerprint density at radius 2 is 2.03 bits per heavy atom. The summed E-state index contributed by atoms with van der Waals surface area (Å²) >= 11 is 1.35. The molecule has 200 valence electrons. The quantitative estimate of drug-likeness (QED) is 0.416. The van der Waals surface area contributed by atoms with Crippen LogP contribution in [0.2, 0.25) is 0 Å². The molecule has 2 aromatic heterocycles. The van der Waals surface area contributed by atoms with Gasteiger partial charge in [-0.1, -0.05) is 13.0 Å². The lowest BCUT2D eigenvalue weighted by molar-refractivity contribution is -0.173. The first kappa shape index (κ1) is 25.9. The Hall–Kier alpha value is -3.72. The van der Waals surface area contributed by atoms with Crippen molar-refractivity contribution in [3.63, 3.8) is 0 Å². The third-order valence-corrected chi connectivity index (χ3v) is 8.25. The number of ether oxygens (including phenoxy) is 2. The SMILES string of the molecule is COc1ccc([C@@H]2C[C@H](C(F)(F)F)n3nc(C(=O)Nc4sc5c(c4C#N)CC[C@@H](C)C5)cc3N2)cc1OC. The number of benzene rings is 1. The van der Waals surface area contributed by atoms with Gasteiger partial charge in [-0.3, -0.25) is 4.79 Å². The lowest BCUT2D eigenvalue weighted by atomic mass is 9.89. The molecular formula is C26H26F3N5O3S.